The first-order chi connectivity index (χ1) is 5.34. The molecule has 0 aliphatic rings. The van der Waals surface area contributed by atoms with E-state index in [1.807, 2.05) is 39.1 Å². The number of nitrogens with two attached hydrogens (primary N) is 1. The van der Waals surface area contributed by atoms with Crippen molar-refractivity contribution >= 4 is 6.08 Å². The van der Waals surface area contributed by atoms with Gasteiger partial charge < -0.3 is 10.7 Å². The molecule has 1 heterocycles. The van der Waals surface area contributed by atoms with Crippen LogP contribution < -0.4 is 5.73 Å². The monoisotopic (exact) mass is 152 g/mol. The molecule has 1 aromatic rings. The molecular formula is C9H16N2. The molecule has 0 bridgehead atoms. The van der Waals surface area contributed by atoms with Crippen LogP contribution in [0.3, 0.4) is 0 Å². The topological polar surface area (TPSA) is 41.8 Å². The molecule has 0 unspecified atom stereocenters. The van der Waals surface area contributed by atoms with E-state index in [0.717, 1.165) is 5.69 Å². The van der Waals surface area contributed by atoms with Crippen LogP contribution in [0.4, 0.5) is 0 Å². The number of aromatic amines is 1. The second-order valence-electron chi connectivity index (χ2n) is 1.93. The highest BCUT2D eigenvalue weighted by Gasteiger charge is 1.89. The highest BCUT2D eigenvalue weighted by atomic mass is 14.7. The van der Waals surface area contributed by atoms with E-state index in [4.69, 9.17) is 5.73 Å². The van der Waals surface area contributed by atoms with Crippen molar-refractivity contribution in [2.45, 2.75) is 20.8 Å². The molecule has 0 fully saturated rings. The van der Waals surface area contributed by atoms with Crippen molar-refractivity contribution < 1.29 is 0 Å². The third kappa shape index (κ3) is 2.94. The van der Waals surface area contributed by atoms with Crippen LogP contribution in [0.1, 0.15) is 25.1 Å². The van der Waals surface area contributed by atoms with Gasteiger partial charge in [0.15, 0.2) is 0 Å². The first-order valence-corrected chi connectivity index (χ1v) is 3.87. The van der Waals surface area contributed by atoms with Crippen LogP contribution in [0.5, 0.6) is 0 Å². The summed E-state index contributed by atoms with van der Waals surface area (Å²) in [6, 6.07) is 2.01. The second kappa shape index (κ2) is 5.59. The van der Waals surface area contributed by atoms with Crippen molar-refractivity contribution in [3.05, 3.63) is 29.7 Å². The Balaban J connectivity index is 0.000000461. The Labute approximate surface area is 68.1 Å². The summed E-state index contributed by atoms with van der Waals surface area (Å²) in [5.74, 6) is 0. The number of hydrogen-bond donors (Lipinski definition) is 2. The van der Waals surface area contributed by atoms with Crippen molar-refractivity contribution in [2.75, 3.05) is 0 Å². The predicted octanol–water partition coefficient (Wildman–Crippen LogP) is 2.28. The lowest BCUT2D eigenvalue weighted by molar-refractivity contribution is 1.34. The van der Waals surface area contributed by atoms with Gasteiger partial charge in [-0.1, -0.05) is 13.8 Å². The maximum Gasteiger partial charge on any atom is 0.0424 e. The van der Waals surface area contributed by atoms with Gasteiger partial charge in [-0.15, -0.1) is 0 Å². The third-order valence-electron chi connectivity index (χ3n) is 1.26. The van der Waals surface area contributed by atoms with Gasteiger partial charge in [0.05, 0.1) is 0 Å². The summed E-state index contributed by atoms with van der Waals surface area (Å²) in [5, 5.41) is 0. The van der Waals surface area contributed by atoms with E-state index >= 15 is 0 Å². The van der Waals surface area contributed by atoms with E-state index in [0.29, 0.717) is 0 Å². The minimum atomic E-state index is 1.08. The van der Waals surface area contributed by atoms with Gasteiger partial charge in [-0.2, -0.15) is 0 Å². The molecule has 0 amide bonds. The summed E-state index contributed by atoms with van der Waals surface area (Å²) >= 11 is 0. The van der Waals surface area contributed by atoms with E-state index < -0.39 is 0 Å². The maximum absolute atomic E-state index is 5.19. The van der Waals surface area contributed by atoms with Crippen LogP contribution in [0, 0.1) is 6.92 Å². The van der Waals surface area contributed by atoms with E-state index in [1.54, 1.807) is 0 Å². The van der Waals surface area contributed by atoms with Gasteiger partial charge in [0, 0.05) is 11.9 Å². The molecule has 2 heteroatoms. The fourth-order valence-corrected chi connectivity index (χ4v) is 0.736. The lowest BCUT2D eigenvalue weighted by Crippen LogP contribution is -1.78. The average molecular weight is 152 g/mol. The molecule has 0 saturated heterocycles. The van der Waals surface area contributed by atoms with Crippen molar-refractivity contribution in [1.29, 1.82) is 0 Å². The molecule has 0 atom stereocenters. The third-order valence-corrected chi connectivity index (χ3v) is 1.26. The van der Waals surface area contributed by atoms with Gasteiger partial charge in [0.25, 0.3) is 0 Å². The molecule has 0 saturated carbocycles. The minimum absolute atomic E-state index is 1.08. The smallest absolute Gasteiger partial charge is 0.0424 e. The summed E-state index contributed by atoms with van der Waals surface area (Å²) in [5.41, 5.74) is 7.49. The molecular weight excluding hydrogens is 136 g/mol. The summed E-state index contributed by atoms with van der Waals surface area (Å²) in [4.78, 5) is 3.04. The van der Waals surface area contributed by atoms with E-state index in [2.05, 4.69) is 4.98 Å². The van der Waals surface area contributed by atoms with Crippen LogP contribution in [0.25, 0.3) is 6.08 Å². The normalized spacial score (nSPS) is 9.36. The quantitative estimate of drug-likeness (QED) is 0.637. The Hall–Kier alpha value is -1.18. The zero-order valence-corrected chi connectivity index (χ0v) is 7.39. The van der Waals surface area contributed by atoms with E-state index in [-0.39, 0.29) is 0 Å². The molecule has 3 N–H and O–H groups in total. The molecule has 0 aliphatic carbocycles. The molecule has 2 nitrogen and oxygen atoms in total. The first-order valence-electron chi connectivity index (χ1n) is 3.87. The first kappa shape index (κ1) is 9.82. The number of aromatic nitrogens is 1. The lowest BCUT2D eigenvalue weighted by Gasteiger charge is -1.86. The molecule has 1 aromatic heterocycles. The number of H-pyrrole nitrogens is 1. The Morgan fingerprint density at radius 1 is 1.45 bits per heavy atom. The standard InChI is InChI=1S/C7H10N2.C2H6/c1-6-3-5-9-7(6)2-4-8;1-2/h2-5,9H,8H2,1H3;1-2H3/b4-2-;. The predicted molar refractivity (Wildman–Crippen MR) is 50.1 cm³/mol. The number of rotatable bonds is 1. The lowest BCUT2D eigenvalue weighted by atomic mass is 10.3. The van der Waals surface area contributed by atoms with Gasteiger partial charge in [-0.25, -0.2) is 0 Å². The number of hydrogen-bond acceptors (Lipinski definition) is 1. The summed E-state index contributed by atoms with van der Waals surface area (Å²) < 4.78 is 0. The zero-order valence-electron chi connectivity index (χ0n) is 7.39. The molecule has 0 radical (unpaired) electrons. The highest BCUT2D eigenvalue weighted by Crippen LogP contribution is 2.04. The summed E-state index contributed by atoms with van der Waals surface area (Å²) in [6.07, 6.45) is 5.26. The molecule has 0 aromatic carbocycles. The summed E-state index contributed by atoms with van der Waals surface area (Å²) in [7, 11) is 0. The van der Waals surface area contributed by atoms with Crippen molar-refractivity contribution in [3.63, 3.8) is 0 Å². The number of nitrogens with one attached hydrogen (secondary N) is 1. The zero-order chi connectivity index (χ0) is 8.69. The molecule has 0 spiro atoms. The maximum atomic E-state index is 5.19. The van der Waals surface area contributed by atoms with Gasteiger partial charge >= 0.3 is 0 Å². The SMILES string of the molecule is CC.Cc1cc[nH]c1/C=C\N. The number of aryl methyl sites for hydroxylation is 1. The van der Waals surface area contributed by atoms with Crippen LogP contribution in [0.2, 0.25) is 0 Å². The fraction of sp³-hybridized carbons (Fsp3) is 0.333. The molecule has 0 aliphatic heterocycles. The molecule has 62 valence electrons. The van der Waals surface area contributed by atoms with Crippen LogP contribution >= 0.6 is 0 Å². The van der Waals surface area contributed by atoms with Gasteiger partial charge in [-0.3, -0.25) is 0 Å². The van der Waals surface area contributed by atoms with Crippen molar-refractivity contribution in [3.8, 4) is 0 Å². The fourth-order valence-electron chi connectivity index (χ4n) is 0.736. The largest absolute Gasteiger partial charge is 0.405 e. The van der Waals surface area contributed by atoms with Crippen LogP contribution in [-0.4, -0.2) is 4.98 Å². The highest BCUT2D eigenvalue weighted by molar-refractivity contribution is 5.48. The Bertz CT molecular complexity index is 211. The molecule has 11 heavy (non-hydrogen) atoms. The van der Waals surface area contributed by atoms with E-state index in [1.165, 1.54) is 11.8 Å². The Kier molecular flexibility index (Phi) is 4.99. The van der Waals surface area contributed by atoms with Crippen molar-refractivity contribution in [2.24, 2.45) is 5.73 Å². The van der Waals surface area contributed by atoms with E-state index in [9.17, 15) is 0 Å². The van der Waals surface area contributed by atoms with Gasteiger partial charge in [0.1, 0.15) is 0 Å². The molecule has 1 rings (SSSR count). The van der Waals surface area contributed by atoms with Crippen LogP contribution in [-0.2, 0) is 0 Å². The van der Waals surface area contributed by atoms with Crippen LogP contribution in [0.15, 0.2) is 18.5 Å². The average Bonchev–Trinajstić information content (AvgIpc) is 2.42. The van der Waals surface area contributed by atoms with Gasteiger partial charge in [-0.05, 0) is 30.8 Å². The minimum Gasteiger partial charge on any atom is -0.405 e. The van der Waals surface area contributed by atoms with Gasteiger partial charge in [0.2, 0.25) is 0 Å². The Morgan fingerprint density at radius 2 is 2.09 bits per heavy atom. The summed E-state index contributed by atoms with van der Waals surface area (Å²) in [6.45, 7) is 6.03. The Morgan fingerprint density at radius 3 is 2.45 bits per heavy atom. The second-order valence-corrected chi connectivity index (χ2v) is 1.93. The van der Waals surface area contributed by atoms with Crippen molar-refractivity contribution in [1.82, 2.24) is 4.98 Å².